The third kappa shape index (κ3) is 3.13. The Morgan fingerprint density at radius 2 is 2.14 bits per heavy atom. The smallest absolute Gasteiger partial charge is 0.253 e. The Hall–Kier alpha value is -2.14. The molecule has 0 aliphatic carbocycles. The largest absolute Gasteiger partial charge is 0.396 e. The first-order valence-corrected chi connectivity index (χ1v) is 7.23. The van der Waals surface area contributed by atoms with Gasteiger partial charge < -0.3 is 10.0 Å². The van der Waals surface area contributed by atoms with Gasteiger partial charge in [-0.25, -0.2) is 0 Å². The SMILES string of the molecule is O=C(c1ccc(Cn2cccn2)cc1)N1CCC(CO)C1. The summed E-state index contributed by atoms with van der Waals surface area (Å²) in [5.41, 5.74) is 1.82. The lowest BCUT2D eigenvalue weighted by atomic mass is 10.1. The number of nitrogens with zero attached hydrogens (tertiary/aromatic N) is 3. The highest BCUT2D eigenvalue weighted by molar-refractivity contribution is 5.94. The van der Waals surface area contributed by atoms with Crippen molar-refractivity contribution in [3.63, 3.8) is 0 Å². The molecule has 1 N–H and O–H groups in total. The van der Waals surface area contributed by atoms with Crippen LogP contribution in [0.3, 0.4) is 0 Å². The van der Waals surface area contributed by atoms with Gasteiger partial charge in [-0.3, -0.25) is 9.48 Å². The summed E-state index contributed by atoms with van der Waals surface area (Å²) < 4.78 is 1.85. The van der Waals surface area contributed by atoms with Crippen LogP contribution < -0.4 is 0 Å². The Labute approximate surface area is 123 Å². The van der Waals surface area contributed by atoms with Crippen LogP contribution in [0.4, 0.5) is 0 Å². The second-order valence-electron chi connectivity index (χ2n) is 5.49. The maximum atomic E-state index is 12.4. The molecule has 1 fully saturated rings. The fourth-order valence-corrected chi connectivity index (χ4v) is 2.68. The molecule has 1 atom stereocenters. The number of hydrogen-bond donors (Lipinski definition) is 1. The van der Waals surface area contributed by atoms with E-state index in [1.54, 1.807) is 6.20 Å². The van der Waals surface area contributed by atoms with Gasteiger partial charge in [-0.05, 0) is 30.2 Å². The number of aliphatic hydroxyl groups is 1. The van der Waals surface area contributed by atoms with Gasteiger partial charge in [0.1, 0.15) is 0 Å². The normalized spacial score (nSPS) is 18.1. The lowest BCUT2D eigenvalue weighted by Gasteiger charge is -2.16. The molecule has 1 unspecified atom stereocenters. The van der Waals surface area contributed by atoms with E-state index < -0.39 is 0 Å². The highest BCUT2D eigenvalue weighted by Crippen LogP contribution is 2.18. The zero-order chi connectivity index (χ0) is 14.7. The standard InChI is InChI=1S/C16H19N3O2/c20-12-14-6-9-18(10-14)16(21)15-4-2-13(3-5-15)11-19-8-1-7-17-19/h1-5,7-8,14,20H,6,9-12H2. The number of carbonyl (C=O) groups is 1. The predicted molar refractivity (Wildman–Crippen MR) is 78.9 cm³/mol. The number of amides is 1. The van der Waals surface area contributed by atoms with Gasteiger partial charge in [0.25, 0.3) is 5.91 Å². The third-order valence-electron chi connectivity index (χ3n) is 3.94. The second-order valence-corrected chi connectivity index (χ2v) is 5.49. The first-order chi connectivity index (χ1) is 10.3. The van der Waals surface area contributed by atoms with Gasteiger partial charge in [0.05, 0.1) is 6.54 Å². The maximum Gasteiger partial charge on any atom is 0.253 e. The first-order valence-electron chi connectivity index (χ1n) is 7.23. The molecule has 5 nitrogen and oxygen atoms in total. The Balaban J connectivity index is 1.65. The monoisotopic (exact) mass is 285 g/mol. The third-order valence-corrected chi connectivity index (χ3v) is 3.94. The maximum absolute atomic E-state index is 12.4. The molecule has 0 spiro atoms. The topological polar surface area (TPSA) is 58.4 Å². The Kier molecular flexibility index (Phi) is 4.01. The van der Waals surface area contributed by atoms with E-state index in [4.69, 9.17) is 5.11 Å². The van der Waals surface area contributed by atoms with Gasteiger partial charge in [0.2, 0.25) is 0 Å². The molecule has 0 radical (unpaired) electrons. The highest BCUT2D eigenvalue weighted by atomic mass is 16.3. The van der Waals surface area contributed by atoms with Crippen LogP contribution >= 0.6 is 0 Å². The molecule has 110 valence electrons. The average Bonchev–Trinajstić information content (AvgIpc) is 3.18. The Morgan fingerprint density at radius 3 is 2.76 bits per heavy atom. The Morgan fingerprint density at radius 1 is 1.33 bits per heavy atom. The van der Waals surface area contributed by atoms with Crippen molar-refractivity contribution in [2.24, 2.45) is 5.92 Å². The number of aliphatic hydroxyl groups excluding tert-OH is 1. The minimum Gasteiger partial charge on any atom is -0.396 e. The number of hydrogen-bond acceptors (Lipinski definition) is 3. The van der Waals surface area contributed by atoms with Crippen molar-refractivity contribution in [2.75, 3.05) is 19.7 Å². The zero-order valence-electron chi connectivity index (χ0n) is 11.9. The molecule has 0 bridgehead atoms. The molecular weight excluding hydrogens is 266 g/mol. The number of aromatic nitrogens is 2. The molecule has 1 amide bonds. The second kappa shape index (κ2) is 6.10. The summed E-state index contributed by atoms with van der Waals surface area (Å²) in [6.45, 7) is 2.26. The number of rotatable bonds is 4. The van der Waals surface area contributed by atoms with Gasteiger partial charge in [-0.15, -0.1) is 0 Å². The van der Waals surface area contributed by atoms with Crippen molar-refractivity contribution in [3.8, 4) is 0 Å². The van der Waals surface area contributed by atoms with E-state index in [1.807, 2.05) is 46.1 Å². The van der Waals surface area contributed by atoms with Gasteiger partial charge >= 0.3 is 0 Å². The molecule has 2 aromatic rings. The van der Waals surface area contributed by atoms with Crippen LogP contribution in [-0.4, -0.2) is 45.4 Å². The molecule has 3 rings (SSSR count). The van der Waals surface area contributed by atoms with E-state index in [1.165, 1.54) is 0 Å². The molecule has 1 aliphatic heterocycles. The van der Waals surface area contributed by atoms with E-state index in [0.29, 0.717) is 18.7 Å². The molecule has 5 heteroatoms. The fourth-order valence-electron chi connectivity index (χ4n) is 2.68. The van der Waals surface area contributed by atoms with E-state index in [-0.39, 0.29) is 18.4 Å². The summed E-state index contributed by atoms with van der Waals surface area (Å²) in [7, 11) is 0. The fraction of sp³-hybridized carbons (Fsp3) is 0.375. The van der Waals surface area contributed by atoms with Crippen LogP contribution in [0.1, 0.15) is 22.3 Å². The quantitative estimate of drug-likeness (QED) is 0.923. The molecule has 21 heavy (non-hydrogen) atoms. The van der Waals surface area contributed by atoms with Gasteiger partial charge in [-0.1, -0.05) is 12.1 Å². The van der Waals surface area contributed by atoms with E-state index in [9.17, 15) is 4.79 Å². The van der Waals surface area contributed by atoms with Crippen molar-refractivity contribution in [1.29, 1.82) is 0 Å². The number of carbonyl (C=O) groups excluding carboxylic acids is 1. The van der Waals surface area contributed by atoms with Crippen LogP contribution in [-0.2, 0) is 6.54 Å². The summed E-state index contributed by atoms with van der Waals surface area (Å²) in [5.74, 6) is 0.282. The predicted octanol–water partition coefficient (Wildman–Crippen LogP) is 1.39. The summed E-state index contributed by atoms with van der Waals surface area (Å²) in [4.78, 5) is 14.2. The van der Waals surface area contributed by atoms with Crippen LogP contribution in [0.15, 0.2) is 42.7 Å². The van der Waals surface area contributed by atoms with Crippen molar-refractivity contribution in [1.82, 2.24) is 14.7 Å². The molecule has 1 aromatic carbocycles. The molecule has 1 aromatic heterocycles. The van der Waals surface area contributed by atoms with Crippen molar-refractivity contribution in [3.05, 3.63) is 53.9 Å². The van der Waals surface area contributed by atoms with E-state index in [2.05, 4.69) is 5.10 Å². The average molecular weight is 285 g/mol. The lowest BCUT2D eigenvalue weighted by Crippen LogP contribution is -2.29. The van der Waals surface area contributed by atoms with Crippen molar-refractivity contribution < 1.29 is 9.90 Å². The van der Waals surface area contributed by atoms with E-state index in [0.717, 1.165) is 18.5 Å². The Bertz CT molecular complexity index is 592. The van der Waals surface area contributed by atoms with Gasteiger partial charge in [0.15, 0.2) is 0 Å². The molecule has 1 saturated heterocycles. The van der Waals surface area contributed by atoms with Crippen LogP contribution in [0, 0.1) is 5.92 Å². The first kappa shape index (κ1) is 13.8. The summed E-state index contributed by atoms with van der Waals surface area (Å²) in [6.07, 6.45) is 4.56. The van der Waals surface area contributed by atoms with Crippen LogP contribution in [0.5, 0.6) is 0 Å². The molecule has 2 heterocycles. The van der Waals surface area contributed by atoms with Crippen LogP contribution in [0.2, 0.25) is 0 Å². The minimum absolute atomic E-state index is 0.0524. The minimum atomic E-state index is 0.0524. The highest BCUT2D eigenvalue weighted by Gasteiger charge is 2.26. The summed E-state index contributed by atoms with van der Waals surface area (Å²) >= 11 is 0. The van der Waals surface area contributed by atoms with E-state index >= 15 is 0 Å². The van der Waals surface area contributed by atoms with Crippen LogP contribution in [0.25, 0.3) is 0 Å². The van der Waals surface area contributed by atoms with Crippen molar-refractivity contribution in [2.45, 2.75) is 13.0 Å². The summed E-state index contributed by atoms with van der Waals surface area (Å²) in [5, 5.41) is 13.3. The zero-order valence-corrected chi connectivity index (χ0v) is 11.9. The molecule has 1 aliphatic rings. The van der Waals surface area contributed by atoms with Crippen molar-refractivity contribution >= 4 is 5.91 Å². The van der Waals surface area contributed by atoms with Gasteiger partial charge in [0, 0.05) is 43.6 Å². The molecular formula is C16H19N3O2. The van der Waals surface area contributed by atoms with Gasteiger partial charge in [-0.2, -0.15) is 5.10 Å². The lowest BCUT2D eigenvalue weighted by molar-refractivity contribution is 0.0782. The number of benzene rings is 1. The summed E-state index contributed by atoms with van der Waals surface area (Å²) in [6, 6.07) is 9.56. The number of likely N-dealkylation sites (tertiary alicyclic amines) is 1. The molecule has 0 saturated carbocycles.